The zero-order valence-electron chi connectivity index (χ0n) is 14.6. The van der Waals surface area contributed by atoms with Gasteiger partial charge in [0.2, 0.25) is 0 Å². The Morgan fingerprint density at radius 1 is 0.955 bits per heavy atom. The smallest absolute Gasteiger partial charge is 0.165 e. The molecular formula is C17H30O5. The summed E-state index contributed by atoms with van der Waals surface area (Å²) < 4.78 is 23.8. The predicted molar refractivity (Wildman–Crippen MR) is 82.4 cm³/mol. The molecule has 0 aliphatic carbocycles. The first-order chi connectivity index (χ1) is 10.2. The number of rotatable bonds is 5. The Morgan fingerprint density at radius 3 is 1.82 bits per heavy atom. The zero-order chi connectivity index (χ0) is 16.4. The van der Waals surface area contributed by atoms with Gasteiger partial charge < -0.3 is 23.7 Å². The minimum atomic E-state index is -0.671. The molecule has 1 spiro atoms. The van der Waals surface area contributed by atoms with Gasteiger partial charge in [0.05, 0.1) is 31.8 Å². The second-order valence-corrected chi connectivity index (χ2v) is 7.72. The van der Waals surface area contributed by atoms with Gasteiger partial charge in [-0.3, -0.25) is 0 Å². The maximum Gasteiger partial charge on any atom is 0.165 e. The fraction of sp³-hybridized carbons (Fsp3) is 0.941. The van der Waals surface area contributed by atoms with Crippen LogP contribution in [0.25, 0.3) is 0 Å². The van der Waals surface area contributed by atoms with Gasteiger partial charge in [0.25, 0.3) is 0 Å². The molecule has 128 valence electrons. The summed E-state index contributed by atoms with van der Waals surface area (Å²) in [6.07, 6.45) is 1.94. The molecule has 2 aliphatic heterocycles. The molecule has 0 radical (unpaired) electrons. The largest absolute Gasteiger partial charge is 0.349 e. The lowest BCUT2D eigenvalue weighted by Crippen LogP contribution is -2.57. The number of Topliss-reactive ketones (excluding diaryl/α,β-unsaturated/α-hetero) is 1. The van der Waals surface area contributed by atoms with Crippen LogP contribution in [0.3, 0.4) is 0 Å². The molecule has 5 nitrogen and oxygen atoms in total. The lowest BCUT2D eigenvalue weighted by Gasteiger charge is -2.50. The van der Waals surface area contributed by atoms with Crippen LogP contribution in [0.2, 0.25) is 0 Å². The van der Waals surface area contributed by atoms with Crippen molar-refractivity contribution < 1.29 is 23.7 Å². The van der Waals surface area contributed by atoms with Crippen LogP contribution < -0.4 is 0 Å². The Bertz CT molecular complexity index is 386. The molecule has 22 heavy (non-hydrogen) atoms. The van der Waals surface area contributed by atoms with Gasteiger partial charge in [0.1, 0.15) is 5.78 Å². The van der Waals surface area contributed by atoms with Gasteiger partial charge in [-0.15, -0.1) is 0 Å². The molecular weight excluding hydrogens is 284 g/mol. The summed E-state index contributed by atoms with van der Waals surface area (Å²) in [5.41, 5.74) is -0.230. The van der Waals surface area contributed by atoms with Crippen molar-refractivity contribution in [3.05, 3.63) is 0 Å². The van der Waals surface area contributed by atoms with Crippen molar-refractivity contribution >= 4 is 5.78 Å². The molecule has 0 N–H and O–H groups in total. The van der Waals surface area contributed by atoms with E-state index in [2.05, 4.69) is 13.8 Å². The first-order valence-corrected chi connectivity index (χ1v) is 8.21. The van der Waals surface area contributed by atoms with Crippen LogP contribution in [0.15, 0.2) is 0 Å². The first kappa shape index (κ1) is 17.9. The molecule has 2 fully saturated rings. The van der Waals surface area contributed by atoms with Crippen LogP contribution in [-0.2, 0) is 23.7 Å². The number of carbonyl (C=O) groups is 1. The van der Waals surface area contributed by atoms with Gasteiger partial charge in [0, 0.05) is 19.3 Å². The van der Waals surface area contributed by atoms with Crippen molar-refractivity contribution in [1.82, 2.24) is 0 Å². The third kappa shape index (κ3) is 4.51. The highest BCUT2D eigenvalue weighted by atomic mass is 16.7. The topological polar surface area (TPSA) is 54.0 Å². The van der Waals surface area contributed by atoms with Crippen LogP contribution in [0.5, 0.6) is 0 Å². The lowest BCUT2D eigenvalue weighted by molar-refractivity contribution is -0.362. The summed E-state index contributed by atoms with van der Waals surface area (Å²) in [5.74, 6) is -0.500. The van der Waals surface area contributed by atoms with E-state index in [0.717, 1.165) is 6.42 Å². The number of ketones is 1. The van der Waals surface area contributed by atoms with Crippen molar-refractivity contribution in [2.24, 2.45) is 11.3 Å². The van der Waals surface area contributed by atoms with Crippen LogP contribution in [0, 0.1) is 11.3 Å². The molecule has 0 unspecified atom stereocenters. The Hall–Kier alpha value is -0.490. The van der Waals surface area contributed by atoms with E-state index < -0.39 is 11.6 Å². The van der Waals surface area contributed by atoms with Crippen LogP contribution in [-0.4, -0.2) is 43.8 Å². The third-order valence-corrected chi connectivity index (χ3v) is 4.44. The number of hydrogen-bond acceptors (Lipinski definition) is 5. The van der Waals surface area contributed by atoms with Crippen LogP contribution >= 0.6 is 0 Å². The molecule has 0 amide bonds. The molecule has 0 bridgehead atoms. The highest BCUT2D eigenvalue weighted by Crippen LogP contribution is 2.39. The maximum absolute atomic E-state index is 11.1. The molecule has 0 aromatic carbocycles. The average Bonchev–Trinajstić information content (AvgIpc) is 2.43. The Morgan fingerprint density at radius 2 is 1.41 bits per heavy atom. The van der Waals surface area contributed by atoms with E-state index in [-0.39, 0.29) is 11.2 Å². The van der Waals surface area contributed by atoms with Gasteiger partial charge >= 0.3 is 0 Å². The Balaban J connectivity index is 1.85. The van der Waals surface area contributed by atoms with Crippen molar-refractivity contribution in [3.8, 4) is 0 Å². The summed E-state index contributed by atoms with van der Waals surface area (Å²) >= 11 is 0. The van der Waals surface area contributed by atoms with Crippen molar-refractivity contribution in [1.29, 1.82) is 0 Å². The number of ether oxygens (including phenoxy) is 4. The number of hydrogen-bond donors (Lipinski definition) is 0. The van der Waals surface area contributed by atoms with E-state index >= 15 is 0 Å². The number of carbonyl (C=O) groups excluding carboxylic acids is 1. The zero-order valence-corrected chi connectivity index (χ0v) is 14.6. The van der Waals surface area contributed by atoms with E-state index in [1.54, 1.807) is 6.92 Å². The maximum atomic E-state index is 11.1. The van der Waals surface area contributed by atoms with Gasteiger partial charge in [0.15, 0.2) is 11.6 Å². The molecule has 0 aromatic heterocycles. The molecule has 2 aliphatic rings. The minimum absolute atomic E-state index is 0.155. The predicted octanol–water partition coefficient (Wildman–Crippen LogP) is 2.91. The molecule has 0 atom stereocenters. The monoisotopic (exact) mass is 314 g/mol. The standard InChI is InChI=1S/C17H30O5/c1-13(2)8-16(5)21-11-17(12-22-16)9-19-15(4,20-10-17)7-6-14(3)18/h13H,6-12H2,1-5H3. The van der Waals surface area contributed by atoms with Gasteiger partial charge in [-0.1, -0.05) is 13.8 Å². The van der Waals surface area contributed by atoms with E-state index in [0.29, 0.717) is 45.2 Å². The average molecular weight is 314 g/mol. The van der Waals surface area contributed by atoms with E-state index in [4.69, 9.17) is 18.9 Å². The fourth-order valence-corrected chi connectivity index (χ4v) is 2.96. The quantitative estimate of drug-likeness (QED) is 0.781. The molecule has 2 heterocycles. The molecule has 2 saturated heterocycles. The van der Waals surface area contributed by atoms with Gasteiger partial charge in [-0.2, -0.15) is 0 Å². The normalized spacial score (nSPS) is 39.4. The van der Waals surface area contributed by atoms with E-state index in [9.17, 15) is 4.79 Å². The van der Waals surface area contributed by atoms with Crippen LogP contribution in [0.1, 0.15) is 53.9 Å². The second kappa shape index (κ2) is 6.56. The minimum Gasteiger partial charge on any atom is -0.349 e. The SMILES string of the molecule is CC(=O)CCC1(C)OCC2(CO1)COC(C)(CC(C)C)OC2. The highest BCUT2D eigenvalue weighted by Gasteiger charge is 2.48. The summed E-state index contributed by atoms with van der Waals surface area (Å²) in [6.45, 7) is 12.1. The molecule has 0 aromatic rings. The fourth-order valence-electron chi connectivity index (χ4n) is 2.96. The van der Waals surface area contributed by atoms with Crippen molar-refractivity contribution in [2.75, 3.05) is 26.4 Å². The molecule has 2 rings (SSSR count). The summed E-state index contributed by atoms with van der Waals surface area (Å²) in [4.78, 5) is 11.1. The summed E-state index contributed by atoms with van der Waals surface area (Å²) in [6, 6.07) is 0. The highest BCUT2D eigenvalue weighted by molar-refractivity contribution is 5.75. The Labute approximate surface area is 133 Å². The van der Waals surface area contributed by atoms with Gasteiger partial charge in [-0.25, -0.2) is 0 Å². The third-order valence-electron chi connectivity index (χ3n) is 4.44. The first-order valence-electron chi connectivity index (χ1n) is 8.21. The van der Waals surface area contributed by atoms with Crippen molar-refractivity contribution in [3.63, 3.8) is 0 Å². The van der Waals surface area contributed by atoms with E-state index in [1.165, 1.54) is 0 Å². The van der Waals surface area contributed by atoms with Gasteiger partial charge in [-0.05, 0) is 26.7 Å². The Kier molecular flexibility index (Phi) is 5.32. The van der Waals surface area contributed by atoms with Crippen molar-refractivity contribution in [2.45, 2.75) is 65.5 Å². The van der Waals surface area contributed by atoms with Crippen LogP contribution in [0.4, 0.5) is 0 Å². The summed E-state index contributed by atoms with van der Waals surface area (Å²) in [5, 5.41) is 0. The molecule has 5 heteroatoms. The molecule has 0 saturated carbocycles. The van der Waals surface area contributed by atoms with E-state index in [1.807, 2.05) is 13.8 Å². The second-order valence-electron chi connectivity index (χ2n) is 7.72. The summed E-state index contributed by atoms with van der Waals surface area (Å²) in [7, 11) is 0. The lowest BCUT2D eigenvalue weighted by atomic mass is 9.88.